The van der Waals surface area contributed by atoms with Gasteiger partial charge in [0.1, 0.15) is 5.82 Å². The molecule has 0 saturated heterocycles. The zero-order valence-corrected chi connectivity index (χ0v) is 24.0. The summed E-state index contributed by atoms with van der Waals surface area (Å²) in [6.45, 7) is 9.92. The van der Waals surface area contributed by atoms with Gasteiger partial charge in [-0.3, -0.25) is 0 Å². The third-order valence-electron chi connectivity index (χ3n) is 5.57. The Bertz CT molecular complexity index is 1110. The largest absolute Gasteiger partial charge is 0.399 e. The third-order valence-corrected chi connectivity index (χ3v) is 7.34. The van der Waals surface area contributed by atoms with Crippen molar-refractivity contribution in [1.82, 2.24) is 14.9 Å². The lowest BCUT2D eigenvalue weighted by atomic mass is 10.1. The van der Waals surface area contributed by atoms with Crippen LogP contribution in [-0.4, -0.2) is 40.5 Å². The topological polar surface area (TPSA) is 67.1 Å². The second kappa shape index (κ2) is 12.3. The van der Waals surface area contributed by atoms with E-state index in [1.807, 2.05) is 42.5 Å². The van der Waals surface area contributed by atoms with E-state index in [1.165, 1.54) is 0 Å². The van der Waals surface area contributed by atoms with Gasteiger partial charge in [-0.25, -0.2) is 9.97 Å². The molecule has 3 rings (SSSR count). The zero-order chi connectivity index (χ0) is 24.0. The first kappa shape index (κ1) is 26.1. The summed E-state index contributed by atoms with van der Waals surface area (Å²) in [4.78, 5) is 12.0. The molecule has 1 heterocycles. The number of nitrogen functional groups attached to an aromatic ring is 1. The number of halogens is 3. The smallest absolute Gasteiger partial charge is 0.154 e. The average Bonchev–Trinajstić information content (AvgIpc) is 2.76. The van der Waals surface area contributed by atoms with Crippen molar-refractivity contribution >= 4 is 82.4 Å². The number of rotatable bonds is 10. The van der Waals surface area contributed by atoms with Crippen LogP contribution in [0, 0.1) is 0 Å². The molecule has 0 unspecified atom stereocenters. The normalized spacial score (nSPS) is 12.7. The van der Waals surface area contributed by atoms with Crippen LogP contribution in [-0.2, 0) is 0 Å². The summed E-state index contributed by atoms with van der Waals surface area (Å²) in [6, 6.07) is 10.1. The van der Waals surface area contributed by atoms with Crippen molar-refractivity contribution in [2.45, 2.75) is 39.7 Å². The van der Waals surface area contributed by atoms with E-state index in [-0.39, 0.29) is 6.04 Å². The molecule has 0 fully saturated rings. The minimum Gasteiger partial charge on any atom is -0.399 e. The van der Waals surface area contributed by atoms with E-state index in [0.29, 0.717) is 11.5 Å². The van der Waals surface area contributed by atoms with E-state index in [0.717, 1.165) is 68.2 Å². The molecule has 1 atom stereocenters. The Balaban J connectivity index is 1.86. The first-order valence-electron chi connectivity index (χ1n) is 11.2. The van der Waals surface area contributed by atoms with Gasteiger partial charge in [-0.2, -0.15) is 0 Å². The van der Waals surface area contributed by atoms with Gasteiger partial charge in [0.25, 0.3) is 0 Å². The lowest BCUT2D eigenvalue weighted by Gasteiger charge is -2.20. The lowest BCUT2D eigenvalue weighted by molar-refractivity contribution is 0.295. The standard InChI is InChI=1S/C25H30Br3N5/c1-4-33(5-2)12-6-7-16(3)30-25-20-15-18(29)8-10-23(20)31-24(32-25)11-9-19-21(27)13-17(26)14-22(19)28/h8-11,13-16H,4-7,12,29H2,1-3H3,(H,30,31,32)/b11-9+/t16-/m0/s1. The number of nitrogens with one attached hydrogen (secondary N) is 1. The molecule has 0 spiro atoms. The summed E-state index contributed by atoms with van der Waals surface area (Å²) < 4.78 is 2.96. The molecule has 3 N–H and O–H groups in total. The summed E-state index contributed by atoms with van der Waals surface area (Å²) in [5.74, 6) is 1.46. The molecule has 1 aromatic heterocycles. The molecule has 3 aromatic rings. The monoisotopic (exact) mass is 637 g/mol. The van der Waals surface area contributed by atoms with Crippen LogP contribution in [0.5, 0.6) is 0 Å². The first-order valence-corrected chi connectivity index (χ1v) is 13.6. The first-order chi connectivity index (χ1) is 15.8. The molecule has 0 bridgehead atoms. The predicted molar refractivity (Wildman–Crippen MR) is 153 cm³/mol. The van der Waals surface area contributed by atoms with Crippen LogP contribution in [0.15, 0.2) is 43.7 Å². The van der Waals surface area contributed by atoms with Crippen molar-refractivity contribution < 1.29 is 0 Å². The lowest BCUT2D eigenvalue weighted by Crippen LogP contribution is -2.25. The highest BCUT2D eigenvalue weighted by Crippen LogP contribution is 2.31. The van der Waals surface area contributed by atoms with Crippen molar-refractivity contribution in [2.24, 2.45) is 0 Å². The number of fused-ring (bicyclic) bond motifs is 1. The van der Waals surface area contributed by atoms with Gasteiger partial charge in [-0.1, -0.05) is 61.6 Å². The van der Waals surface area contributed by atoms with Gasteiger partial charge in [-0.05, 0) is 81.9 Å². The van der Waals surface area contributed by atoms with Gasteiger partial charge in [0.05, 0.1) is 5.52 Å². The van der Waals surface area contributed by atoms with E-state index in [4.69, 9.17) is 15.7 Å². The fourth-order valence-corrected chi connectivity index (χ4v) is 6.21. The molecule has 0 aliphatic carbocycles. The highest BCUT2D eigenvalue weighted by atomic mass is 79.9. The number of benzene rings is 2. The van der Waals surface area contributed by atoms with Crippen molar-refractivity contribution in [3.63, 3.8) is 0 Å². The number of anilines is 2. The van der Waals surface area contributed by atoms with Crippen molar-refractivity contribution in [1.29, 1.82) is 0 Å². The minimum absolute atomic E-state index is 0.284. The highest BCUT2D eigenvalue weighted by molar-refractivity contribution is 9.11. The highest BCUT2D eigenvalue weighted by Gasteiger charge is 2.11. The quantitative estimate of drug-likeness (QED) is 0.224. The SMILES string of the molecule is CCN(CC)CCC[C@H](C)Nc1nc(/C=C/c2c(Br)cc(Br)cc2Br)nc2ccc(N)cc12. The Morgan fingerprint density at radius 3 is 2.39 bits per heavy atom. The summed E-state index contributed by atoms with van der Waals surface area (Å²) in [5, 5.41) is 4.55. The summed E-state index contributed by atoms with van der Waals surface area (Å²) >= 11 is 10.8. The van der Waals surface area contributed by atoms with Gasteiger partial charge in [0, 0.05) is 36.1 Å². The maximum atomic E-state index is 6.07. The maximum Gasteiger partial charge on any atom is 0.154 e. The van der Waals surface area contributed by atoms with Crippen molar-refractivity contribution in [3.8, 4) is 0 Å². The van der Waals surface area contributed by atoms with E-state index in [1.54, 1.807) is 0 Å². The minimum atomic E-state index is 0.284. The van der Waals surface area contributed by atoms with Gasteiger partial charge in [-0.15, -0.1) is 0 Å². The second-order valence-electron chi connectivity index (χ2n) is 8.04. The van der Waals surface area contributed by atoms with Crippen LogP contribution >= 0.6 is 47.8 Å². The van der Waals surface area contributed by atoms with Crippen molar-refractivity contribution in [3.05, 3.63) is 55.1 Å². The molecule has 0 saturated carbocycles. The Morgan fingerprint density at radius 1 is 1.03 bits per heavy atom. The third kappa shape index (κ3) is 7.25. The number of hydrogen-bond acceptors (Lipinski definition) is 5. The molecule has 0 aliphatic heterocycles. The Morgan fingerprint density at radius 2 is 1.73 bits per heavy atom. The zero-order valence-electron chi connectivity index (χ0n) is 19.2. The Labute approximate surface area is 221 Å². The Kier molecular flexibility index (Phi) is 9.73. The molecule has 0 radical (unpaired) electrons. The van der Waals surface area contributed by atoms with E-state index >= 15 is 0 Å². The van der Waals surface area contributed by atoms with Gasteiger partial charge < -0.3 is 16.0 Å². The number of nitrogens with zero attached hydrogens (tertiary/aromatic N) is 3. The van der Waals surface area contributed by atoms with Crippen LogP contribution in [0.3, 0.4) is 0 Å². The molecule has 8 heteroatoms. The Hall–Kier alpha value is -1.48. The van der Waals surface area contributed by atoms with Crippen LogP contribution in [0.2, 0.25) is 0 Å². The van der Waals surface area contributed by atoms with Crippen LogP contribution in [0.4, 0.5) is 11.5 Å². The summed E-state index contributed by atoms with van der Waals surface area (Å²) in [7, 11) is 0. The molecular weight excluding hydrogens is 610 g/mol. The molecular formula is C25H30Br3N5. The number of nitrogens with two attached hydrogens (primary N) is 1. The van der Waals surface area contributed by atoms with Crippen LogP contribution in [0.1, 0.15) is 45.0 Å². The van der Waals surface area contributed by atoms with Gasteiger partial charge >= 0.3 is 0 Å². The number of aromatic nitrogens is 2. The fourth-order valence-electron chi connectivity index (χ4n) is 3.69. The summed E-state index contributed by atoms with van der Waals surface area (Å²) in [5.41, 5.74) is 8.66. The number of hydrogen-bond donors (Lipinski definition) is 2. The van der Waals surface area contributed by atoms with Gasteiger partial charge in [0.2, 0.25) is 0 Å². The van der Waals surface area contributed by atoms with E-state index in [9.17, 15) is 0 Å². The van der Waals surface area contributed by atoms with Crippen LogP contribution < -0.4 is 11.1 Å². The van der Waals surface area contributed by atoms with Crippen LogP contribution in [0.25, 0.3) is 23.1 Å². The van der Waals surface area contributed by atoms with E-state index in [2.05, 4.69) is 78.8 Å². The van der Waals surface area contributed by atoms with Crippen molar-refractivity contribution in [2.75, 3.05) is 30.7 Å². The average molecular weight is 640 g/mol. The molecule has 33 heavy (non-hydrogen) atoms. The fraction of sp³-hybridized carbons (Fsp3) is 0.360. The second-order valence-corrected chi connectivity index (χ2v) is 10.7. The molecule has 2 aromatic carbocycles. The molecule has 0 amide bonds. The molecule has 5 nitrogen and oxygen atoms in total. The molecule has 176 valence electrons. The molecule has 0 aliphatic rings. The van der Waals surface area contributed by atoms with E-state index < -0.39 is 0 Å². The predicted octanol–water partition coefficient (Wildman–Crippen LogP) is 7.59. The van der Waals surface area contributed by atoms with Gasteiger partial charge in [0.15, 0.2) is 5.82 Å². The summed E-state index contributed by atoms with van der Waals surface area (Å²) in [6.07, 6.45) is 6.15. The maximum absolute atomic E-state index is 6.07.